The molecule has 0 unspecified atom stereocenters. The van der Waals surface area contributed by atoms with E-state index in [4.69, 9.17) is 5.73 Å². The van der Waals surface area contributed by atoms with Gasteiger partial charge in [-0.05, 0) is 24.3 Å². The van der Waals surface area contributed by atoms with Crippen LogP contribution in [0.5, 0.6) is 0 Å². The van der Waals surface area contributed by atoms with Gasteiger partial charge in [-0.15, -0.1) is 11.3 Å². The van der Waals surface area contributed by atoms with E-state index in [1.807, 2.05) is 0 Å². The van der Waals surface area contributed by atoms with Gasteiger partial charge in [0.25, 0.3) is 10.0 Å². The zero-order valence-electron chi connectivity index (χ0n) is 12.9. The van der Waals surface area contributed by atoms with Gasteiger partial charge in [-0.3, -0.25) is 4.99 Å². The number of guanidine groups is 1. The number of aliphatic imine (C=N–C) groups is 1. The Morgan fingerprint density at radius 3 is 2.82 bits per heavy atom. The van der Waals surface area contributed by atoms with Gasteiger partial charge in [0.1, 0.15) is 4.21 Å². The van der Waals surface area contributed by atoms with Crippen LogP contribution in [-0.4, -0.2) is 44.9 Å². The van der Waals surface area contributed by atoms with Gasteiger partial charge in [-0.1, -0.05) is 25.3 Å². The van der Waals surface area contributed by atoms with E-state index in [1.165, 1.54) is 34.9 Å². The Hall–Kier alpha value is -1.12. The number of likely N-dealkylation sites (N-methyl/N-ethyl adjacent to an activating group) is 1. The van der Waals surface area contributed by atoms with Gasteiger partial charge in [0, 0.05) is 19.6 Å². The summed E-state index contributed by atoms with van der Waals surface area (Å²) in [4.78, 5) is 4.23. The lowest BCUT2D eigenvalue weighted by Gasteiger charge is -2.23. The maximum Gasteiger partial charge on any atom is 0.252 e. The molecule has 0 bridgehead atoms. The minimum absolute atomic E-state index is 0.313. The zero-order chi connectivity index (χ0) is 16.0. The second kappa shape index (κ2) is 7.94. The van der Waals surface area contributed by atoms with Gasteiger partial charge < -0.3 is 11.1 Å². The van der Waals surface area contributed by atoms with Crippen molar-refractivity contribution in [3.05, 3.63) is 17.5 Å². The van der Waals surface area contributed by atoms with E-state index in [2.05, 4.69) is 10.3 Å². The highest BCUT2D eigenvalue weighted by Gasteiger charge is 2.21. The molecule has 1 aromatic heterocycles. The molecule has 1 heterocycles. The summed E-state index contributed by atoms with van der Waals surface area (Å²) < 4.78 is 26.1. The van der Waals surface area contributed by atoms with Crippen LogP contribution in [0.1, 0.15) is 32.1 Å². The smallest absolute Gasteiger partial charge is 0.252 e. The number of nitrogens with one attached hydrogen (secondary N) is 1. The fourth-order valence-electron chi connectivity index (χ4n) is 2.50. The summed E-state index contributed by atoms with van der Waals surface area (Å²) in [5.74, 6) is 0.411. The van der Waals surface area contributed by atoms with Crippen LogP contribution in [0.4, 0.5) is 0 Å². The molecule has 22 heavy (non-hydrogen) atoms. The lowest BCUT2D eigenvalue weighted by Crippen LogP contribution is -2.41. The van der Waals surface area contributed by atoms with E-state index in [0.29, 0.717) is 29.3 Å². The predicted molar refractivity (Wildman–Crippen MR) is 90.6 cm³/mol. The molecule has 0 aliphatic heterocycles. The van der Waals surface area contributed by atoms with E-state index >= 15 is 0 Å². The molecular weight excluding hydrogens is 320 g/mol. The second-order valence-corrected chi connectivity index (χ2v) is 8.72. The SMILES string of the molecule is CN(CCN=C(N)NC1CCCCC1)S(=O)(=O)c1cccs1. The highest BCUT2D eigenvalue weighted by molar-refractivity contribution is 7.91. The average molecular weight is 345 g/mol. The standard InChI is InChI=1S/C14H24N4O2S2/c1-18(22(19,20)13-8-5-11-21-13)10-9-16-14(15)17-12-6-3-2-4-7-12/h5,8,11-12H,2-4,6-7,9-10H2,1H3,(H3,15,16,17). The molecule has 0 saturated heterocycles. The van der Waals surface area contributed by atoms with Gasteiger partial charge >= 0.3 is 0 Å². The van der Waals surface area contributed by atoms with E-state index < -0.39 is 10.0 Å². The van der Waals surface area contributed by atoms with Crippen molar-refractivity contribution in [1.29, 1.82) is 0 Å². The number of hydrogen-bond donors (Lipinski definition) is 2. The second-order valence-electron chi connectivity index (χ2n) is 5.50. The molecule has 1 saturated carbocycles. The highest BCUT2D eigenvalue weighted by atomic mass is 32.2. The fourth-order valence-corrected chi connectivity index (χ4v) is 4.86. The number of rotatable bonds is 6. The number of nitrogens with two attached hydrogens (primary N) is 1. The minimum atomic E-state index is -3.40. The van der Waals surface area contributed by atoms with Crippen LogP contribution in [0, 0.1) is 0 Å². The van der Waals surface area contributed by atoms with E-state index in [9.17, 15) is 8.42 Å². The number of thiophene rings is 1. The molecule has 2 rings (SSSR count). The molecule has 1 aromatic rings. The third-order valence-corrected chi connectivity index (χ3v) is 7.04. The van der Waals surface area contributed by atoms with Crippen molar-refractivity contribution in [2.75, 3.05) is 20.1 Å². The first-order chi connectivity index (χ1) is 10.5. The van der Waals surface area contributed by atoms with Crippen LogP contribution in [0.3, 0.4) is 0 Å². The van der Waals surface area contributed by atoms with Crippen molar-refractivity contribution in [3.8, 4) is 0 Å². The maximum atomic E-state index is 12.2. The molecular formula is C14H24N4O2S2. The van der Waals surface area contributed by atoms with Crippen LogP contribution in [0.25, 0.3) is 0 Å². The predicted octanol–water partition coefficient (Wildman–Crippen LogP) is 1.61. The summed E-state index contributed by atoms with van der Waals surface area (Å²) in [6.07, 6.45) is 6.01. The van der Waals surface area contributed by atoms with Gasteiger partial charge in [-0.25, -0.2) is 8.42 Å². The maximum absolute atomic E-state index is 12.2. The van der Waals surface area contributed by atoms with Crippen LogP contribution >= 0.6 is 11.3 Å². The molecule has 1 aliphatic carbocycles. The Balaban J connectivity index is 1.80. The van der Waals surface area contributed by atoms with Gasteiger partial charge in [0.05, 0.1) is 6.54 Å². The normalized spacial score (nSPS) is 17.8. The first-order valence-electron chi connectivity index (χ1n) is 7.56. The molecule has 0 radical (unpaired) electrons. The van der Waals surface area contributed by atoms with Crippen molar-refractivity contribution in [2.24, 2.45) is 10.7 Å². The summed E-state index contributed by atoms with van der Waals surface area (Å²) in [6, 6.07) is 3.75. The van der Waals surface area contributed by atoms with Gasteiger partial charge in [0.15, 0.2) is 5.96 Å². The van der Waals surface area contributed by atoms with Crippen molar-refractivity contribution < 1.29 is 8.42 Å². The summed E-state index contributed by atoms with van der Waals surface area (Å²) in [7, 11) is -1.83. The number of nitrogens with zero attached hydrogens (tertiary/aromatic N) is 2. The Labute approximate surface area is 136 Å². The van der Waals surface area contributed by atoms with Crippen LogP contribution in [0.2, 0.25) is 0 Å². The molecule has 3 N–H and O–H groups in total. The first-order valence-corrected chi connectivity index (χ1v) is 9.88. The van der Waals surface area contributed by atoms with E-state index in [1.54, 1.807) is 24.6 Å². The van der Waals surface area contributed by atoms with Gasteiger partial charge in [0.2, 0.25) is 0 Å². The Morgan fingerprint density at radius 1 is 1.45 bits per heavy atom. The van der Waals surface area contributed by atoms with E-state index in [-0.39, 0.29) is 0 Å². The lowest BCUT2D eigenvalue weighted by molar-refractivity contribution is 0.412. The minimum Gasteiger partial charge on any atom is -0.370 e. The van der Waals surface area contributed by atoms with Crippen LogP contribution < -0.4 is 11.1 Å². The van der Waals surface area contributed by atoms with Crippen molar-refractivity contribution in [2.45, 2.75) is 42.4 Å². The fraction of sp³-hybridized carbons (Fsp3) is 0.643. The Bertz CT molecular complexity index is 578. The summed E-state index contributed by atoms with van der Waals surface area (Å²) in [5, 5.41) is 4.98. The van der Waals surface area contributed by atoms with Gasteiger partial charge in [-0.2, -0.15) is 4.31 Å². The molecule has 124 valence electrons. The molecule has 8 heteroatoms. The topological polar surface area (TPSA) is 87.8 Å². The average Bonchev–Trinajstić information content (AvgIpc) is 3.03. The van der Waals surface area contributed by atoms with Crippen molar-refractivity contribution in [1.82, 2.24) is 9.62 Å². The van der Waals surface area contributed by atoms with Crippen molar-refractivity contribution >= 4 is 27.3 Å². The molecule has 1 aliphatic rings. The van der Waals surface area contributed by atoms with Crippen LogP contribution in [-0.2, 0) is 10.0 Å². The third-order valence-electron chi connectivity index (χ3n) is 3.81. The summed E-state index contributed by atoms with van der Waals surface area (Å²) >= 11 is 1.22. The molecule has 0 aromatic carbocycles. The van der Waals surface area contributed by atoms with E-state index in [0.717, 1.165) is 12.8 Å². The molecule has 0 amide bonds. The molecule has 6 nitrogen and oxygen atoms in total. The molecule has 1 fully saturated rings. The summed E-state index contributed by atoms with van der Waals surface area (Å²) in [6.45, 7) is 0.667. The monoisotopic (exact) mass is 344 g/mol. The lowest BCUT2D eigenvalue weighted by atomic mass is 9.96. The van der Waals surface area contributed by atoms with Crippen LogP contribution in [0.15, 0.2) is 26.7 Å². The zero-order valence-corrected chi connectivity index (χ0v) is 14.5. The van der Waals surface area contributed by atoms with Crippen molar-refractivity contribution in [3.63, 3.8) is 0 Å². The summed E-state index contributed by atoms with van der Waals surface area (Å²) in [5.41, 5.74) is 5.87. The highest BCUT2D eigenvalue weighted by Crippen LogP contribution is 2.19. The largest absolute Gasteiger partial charge is 0.370 e. The number of sulfonamides is 1. The number of hydrogen-bond acceptors (Lipinski definition) is 4. The molecule has 0 spiro atoms. The molecule has 0 atom stereocenters. The third kappa shape index (κ3) is 4.69. The first kappa shape index (κ1) is 17.2. The quantitative estimate of drug-likeness (QED) is 0.606. The Morgan fingerprint density at radius 2 is 2.18 bits per heavy atom. The Kier molecular flexibility index (Phi) is 6.22.